The van der Waals surface area contributed by atoms with Gasteiger partial charge in [0.15, 0.2) is 5.82 Å². The number of fused-ring (bicyclic) bond motifs is 3. The molecule has 0 radical (unpaired) electrons. The molecule has 5 atom stereocenters. The summed E-state index contributed by atoms with van der Waals surface area (Å²) in [4.78, 5) is 22.2. The van der Waals surface area contributed by atoms with E-state index in [0.717, 1.165) is 70.3 Å². The molecule has 2 aromatic carbocycles. The van der Waals surface area contributed by atoms with Gasteiger partial charge in [-0.25, -0.2) is 9.78 Å². The largest absolute Gasteiger partial charge is 0.507 e. The fraction of sp³-hybridized carbons (Fsp3) is 0.464. The summed E-state index contributed by atoms with van der Waals surface area (Å²) in [5.41, 5.74) is 5.73. The lowest BCUT2D eigenvalue weighted by molar-refractivity contribution is -0.000471. The molecule has 6 heteroatoms. The van der Waals surface area contributed by atoms with Crippen molar-refractivity contribution in [1.82, 2.24) is 15.3 Å². The molecule has 3 aromatic rings. The number of phenolic OH excluding ortho intramolecular Hbond substituents is 1. The van der Waals surface area contributed by atoms with Gasteiger partial charge < -0.3 is 10.4 Å². The highest BCUT2D eigenvalue weighted by Gasteiger charge is 2.71. The van der Waals surface area contributed by atoms with E-state index in [1.807, 2.05) is 44.2 Å². The van der Waals surface area contributed by atoms with E-state index in [1.165, 1.54) is 19.3 Å². The van der Waals surface area contributed by atoms with Crippen LogP contribution in [0.4, 0.5) is 10.6 Å². The van der Waals surface area contributed by atoms with Crippen molar-refractivity contribution >= 4 is 22.9 Å². The monoisotopic (exact) mass is 458 g/mol. The van der Waals surface area contributed by atoms with E-state index in [2.05, 4.69) is 15.6 Å². The standard InChI is InChI=1S/C28H30N4O2.2H2/c1-15-5-19(6-16(2)25(15)33)18-3-4-22-23(8-18)30-24(13-29-22)31-26(34)32-27-10-17-7-20-9-21(12-27)28(20,11-17)14-27;;/h3-6,8,13,17,20-21,33H,7,9-12,14H2,1-2H3,(H2,30,31,32,34);2*1H. The number of benzene rings is 2. The second-order valence-corrected chi connectivity index (χ2v) is 11.5. The van der Waals surface area contributed by atoms with E-state index in [1.54, 1.807) is 6.20 Å². The normalized spacial score (nSPS) is 32.5. The molecule has 0 aliphatic heterocycles. The summed E-state index contributed by atoms with van der Waals surface area (Å²) < 4.78 is 0. The van der Waals surface area contributed by atoms with Crippen LogP contribution in [0.1, 0.15) is 52.5 Å². The van der Waals surface area contributed by atoms with Gasteiger partial charge in [0.2, 0.25) is 0 Å². The number of hydrogen-bond acceptors (Lipinski definition) is 4. The number of aromatic hydroxyl groups is 1. The van der Waals surface area contributed by atoms with Crippen LogP contribution in [0.5, 0.6) is 5.75 Å². The van der Waals surface area contributed by atoms with Gasteiger partial charge in [-0.3, -0.25) is 10.3 Å². The average molecular weight is 459 g/mol. The Morgan fingerprint density at radius 3 is 2.68 bits per heavy atom. The lowest BCUT2D eigenvalue weighted by atomic mass is 9.56. The van der Waals surface area contributed by atoms with Crippen molar-refractivity contribution in [2.75, 3.05) is 5.32 Å². The number of amides is 2. The molecule has 0 saturated heterocycles. The molecular formula is C28H34N4O2. The Morgan fingerprint density at radius 2 is 1.85 bits per heavy atom. The minimum Gasteiger partial charge on any atom is -0.507 e. The van der Waals surface area contributed by atoms with E-state index in [-0.39, 0.29) is 14.4 Å². The first-order chi connectivity index (χ1) is 16.3. The van der Waals surface area contributed by atoms with Gasteiger partial charge in [0, 0.05) is 8.39 Å². The van der Waals surface area contributed by atoms with Crippen molar-refractivity contribution in [3.05, 3.63) is 47.7 Å². The molecule has 4 fully saturated rings. The number of rotatable bonds is 3. The Labute approximate surface area is 202 Å². The number of urea groups is 1. The number of carbonyl (C=O) groups is 1. The van der Waals surface area contributed by atoms with Crippen LogP contribution in [0.2, 0.25) is 0 Å². The summed E-state index contributed by atoms with van der Waals surface area (Å²) in [5.74, 6) is 3.32. The number of carbonyl (C=O) groups excluding carboxylic acids is 1. The van der Waals surface area contributed by atoms with Crippen LogP contribution >= 0.6 is 0 Å². The molecule has 34 heavy (non-hydrogen) atoms. The molecular weight excluding hydrogens is 424 g/mol. The van der Waals surface area contributed by atoms with E-state index < -0.39 is 0 Å². The Morgan fingerprint density at radius 1 is 1.03 bits per heavy atom. The highest BCUT2D eigenvalue weighted by atomic mass is 16.3. The Kier molecular flexibility index (Phi) is 3.99. The zero-order valence-electron chi connectivity index (χ0n) is 19.7. The average Bonchev–Trinajstić information content (AvgIpc) is 3.11. The van der Waals surface area contributed by atoms with Crippen LogP contribution in [0.3, 0.4) is 0 Å². The van der Waals surface area contributed by atoms with Gasteiger partial charge >= 0.3 is 6.03 Å². The predicted octanol–water partition coefficient (Wildman–Crippen LogP) is 6.20. The minimum absolute atomic E-state index is 0. The van der Waals surface area contributed by atoms with Crippen molar-refractivity contribution in [3.63, 3.8) is 0 Å². The highest BCUT2D eigenvalue weighted by molar-refractivity contribution is 5.90. The van der Waals surface area contributed by atoms with Crippen molar-refractivity contribution in [2.45, 2.75) is 57.9 Å². The predicted molar refractivity (Wildman–Crippen MR) is 136 cm³/mol. The lowest BCUT2D eigenvalue weighted by Crippen LogP contribution is -2.51. The third-order valence-corrected chi connectivity index (χ3v) is 9.45. The van der Waals surface area contributed by atoms with Gasteiger partial charge in [0.05, 0.1) is 17.2 Å². The maximum atomic E-state index is 13.0. The van der Waals surface area contributed by atoms with E-state index in [0.29, 0.717) is 17.0 Å². The second kappa shape index (κ2) is 6.71. The van der Waals surface area contributed by atoms with E-state index in [4.69, 9.17) is 4.98 Å². The summed E-state index contributed by atoms with van der Waals surface area (Å²) in [5, 5.41) is 16.5. The molecule has 1 spiro atoms. The topological polar surface area (TPSA) is 87.1 Å². The maximum absolute atomic E-state index is 13.0. The molecule has 3 bridgehead atoms. The molecule has 1 heterocycles. The quantitative estimate of drug-likeness (QED) is 0.436. The Hall–Kier alpha value is -3.15. The number of aromatic nitrogens is 2. The summed E-state index contributed by atoms with van der Waals surface area (Å²) in [6.07, 6.45) is 9.22. The Bertz CT molecular complexity index is 1350. The molecule has 4 saturated carbocycles. The van der Waals surface area contributed by atoms with Gasteiger partial charge in [-0.05, 0) is 122 Å². The number of hydrogen-bond donors (Lipinski definition) is 3. The van der Waals surface area contributed by atoms with Crippen LogP contribution in [0.25, 0.3) is 22.2 Å². The van der Waals surface area contributed by atoms with Gasteiger partial charge in [0.25, 0.3) is 0 Å². The lowest BCUT2D eigenvalue weighted by Gasteiger charge is -2.49. The van der Waals surface area contributed by atoms with E-state index >= 15 is 0 Å². The third-order valence-electron chi connectivity index (χ3n) is 9.45. The Balaban J connectivity index is 0.00000133. The molecule has 7 rings (SSSR count). The van der Waals surface area contributed by atoms with Crippen molar-refractivity contribution in [2.24, 2.45) is 23.2 Å². The summed E-state index contributed by atoms with van der Waals surface area (Å²) in [7, 11) is 0. The fourth-order valence-electron chi connectivity index (χ4n) is 8.27. The zero-order valence-corrected chi connectivity index (χ0v) is 19.7. The molecule has 178 valence electrons. The number of nitrogens with zero attached hydrogens (tertiary/aromatic N) is 2. The molecule has 5 unspecified atom stereocenters. The number of nitrogens with one attached hydrogen (secondary N) is 2. The SMILES string of the molecule is Cc1cc(-c2ccc3ncc(NC(=O)NC45CC6CC7CC(C4)C7(C6)C5)nc3c2)cc(C)c1O.[HH].[HH]. The van der Waals surface area contributed by atoms with E-state index in [9.17, 15) is 9.90 Å². The van der Waals surface area contributed by atoms with Crippen LogP contribution in [-0.4, -0.2) is 26.6 Å². The first-order valence-electron chi connectivity index (χ1n) is 12.5. The first kappa shape index (κ1) is 20.2. The molecule has 2 amide bonds. The first-order valence-corrected chi connectivity index (χ1v) is 12.5. The smallest absolute Gasteiger partial charge is 0.320 e. The highest BCUT2D eigenvalue weighted by Crippen LogP contribution is 2.76. The molecule has 6 nitrogen and oxygen atoms in total. The summed E-state index contributed by atoms with van der Waals surface area (Å²) in [6, 6.07) is 9.73. The minimum atomic E-state index is -0.162. The molecule has 4 aliphatic carbocycles. The van der Waals surface area contributed by atoms with Crippen LogP contribution in [-0.2, 0) is 0 Å². The second-order valence-electron chi connectivity index (χ2n) is 11.5. The molecule has 4 aliphatic rings. The van der Waals surface area contributed by atoms with Gasteiger partial charge in [-0.1, -0.05) is 6.07 Å². The van der Waals surface area contributed by atoms with Crippen LogP contribution in [0.15, 0.2) is 36.5 Å². The number of phenols is 1. The third kappa shape index (κ3) is 2.83. The van der Waals surface area contributed by atoms with Crippen molar-refractivity contribution in [1.29, 1.82) is 0 Å². The fourth-order valence-corrected chi connectivity index (χ4v) is 8.27. The number of aryl methyl sites for hydroxylation is 2. The zero-order chi connectivity index (χ0) is 23.2. The molecule has 3 N–H and O–H groups in total. The van der Waals surface area contributed by atoms with Gasteiger partial charge in [0.1, 0.15) is 5.75 Å². The van der Waals surface area contributed by atoms with Crippen molar-refractivity contribution < 1.29 is 12.8 Å². The van der Waals surface area contributed by atoms with Crippen molar-refractivity contribution in [3.8, 4) is 16.9 Å². The summed E-state index contributed by atoms with van der Waals surface area (Å²) >= 11 is 0. The van der Waals surface area contributed by atoms with Gasteiger partial charge in [-0.2, -0.15) is 0 Å². The summed E-state index contributed by atoms with van der Waals surface area (Å²) in [6.45, 7) is 3.81. The number of anilines is 1. The van der Waals surface area contributed by atoms with Gasteiger partial charge in [-0.15, -0.1) is 0 Å². The molecule has 1 aromatic heterocycles. The van der Waals surface area contributed by atoms with Crippen LogP contribution in [0, 0.1) is 37.0 Å². The maximum Gasteiger partial charge on any atom is 0.320 e. The van der Waals surface area contributed by atoms with Crippen LogP contribution < -0.4 is 10.6 Å².